The first-order valence-electron chi connectivity index (χ1n) is 6.66. The molecule has 0 aliphatic heterocycles. The number of ketones is 1. The average molecular weight is 305 g/mol. The number of Topliss-reactive ketones (excluding diaryl/α,β-unsaturated/α-hetero) is 1. The number of rotatable bonds is 2. The topological polar surface area (TPSA) is 17.1 Å². The van der Waals surface area contributed by atoms with E-state index in [0.717, 1.165) is 10.0 Å². The third kappa shape index (κ3) is 2.74. The van der Waals surface area contributed by atoms with Gasteiger partial charge in [-0.25, -0.2) is 0 Å². The first-order valence-corrected chi connectivity index (χ1v) is 7.42. The average Bonchev–Trinajstić information content (AvgIpc) is 2.82. The van der Waals surface area contributed by atoms with Crippen molar-refractivity contribution in [1.29, 1.82) is 0 Å². The Morgan fingerprint density at radius 3 is 1.40 bits per heavy atom. The van der Waals surface area contributed by atoms with Gasteiger partial charge in [-0.1, -0.05) is 47.5 Å². The molecule has 0 unspecified atom stereocenters. The first kappa shape index (κ1) is 13.7. The second kappa shape index (κ2) is 5.59. The summed E-state index contributed by atoms with van der Waals surface area (Å²) in [6, 6.07) is 15.6. The van der Waals surface area contributed by atoms with Crippen molar-refractivity contribution in [3.63, 3.8) is 0 Å². The predicted octanol–water partition coefficient (Wildman–Crippen LogP) is 5.22. The van der Waals surface area contributed by atoms with E-state index in [-0.39, 0.29) is 11.8 Å². The molecule has 0 N–H and O–H groups in total. The van der Waals surface area contributed by atoms with Crippen LogP contribution in [0.15, 0.2) is 48.5 Å². The molecule has 2 atom stereocenters. The van der Waals surface area contributed by atoms with Crippen molar-refractivity contribution in [2.45, 2.75) is 24.7 Å². The van der Waals surface area contributed by atoms with Crippen LogP contribution in [0.1, 0.15) is 35.8 Å². The molecule has 2 aromatic carbocycles. The van der Waals surface area contributed by atoms with Gasteiger partial charge in [0.2, 0.25) is 0 Å². The van der Waals surface area contributed by atoms with Gasteiger partial charge in [-0.05, 0) is 47.2 Å². The monoisotopic (exact) mass is 304 g/mol. The molecule has 1 aliphatic rings. The lowest BCUT2D eigenvalue weighted by atomic mass is 9.84. The summed E-state index contributed by atoms with van der Waals surface area (Å²) in [5.41, 5.74) is 2.36. The molecule has 0 heterocycles. The fourth-order valence-corrected chi connectivity index (χ4v) is 3.23. The molecule has 1 nitrogen and oxygen atoms in total. The van der Waals surface area contributed by atoms with Gasteiger partial charge in [0.15, 0.2) is 0 Å². The normalized spacial score (nSPS) is 22.2. The van der Waals surface area contributed by atoms with Gasteiger partial charge in [-0.15, -0.1) is 0 Å². The molecule has 1 fully saturated rings. The van der Waals surface area contributed by atoms with E-state index in [0.29, 0.717) is 18.6 Å². The van der Waals surface area contributed by atoms with Gasteiger partial charge in [-0.3, -0.25) is 4.79 Å². The smallest absolute Gasteiger partial charge is 0.134 e. The highest BCUT2D eigenvalue weighted by Gasteiger charge is 2.34. The standard InChI is InChI=1S/C17H14Cl2O/c18-13-5-1-11(2-6-13)16-9-15(20)10-17(16)12-3-7-14(19)8-4-12/h1-8,16-17H,9-10H2/t16-,17-/m0/s1. The van der Waals surface area contributed by atoms with Crippen LogP contribution in [0.5, 0.6) is 0 Å². The number of benzene rings is 2. The van der Waals surface area contributed by atoms with Crippen molar-refractivity contribution in [3.05, 3.63) is 69.7 Å². The van der Waals surface area contributed by atoms with Gasteiger partial charge < -0.3 is 0 Å². The van der Waals surface area contributed by atoms with Crippen molar-refractivity contribution in [2.75, 3.05) is 0 Å². The zero-order chi connectivity index (χ0) is 14.1. The van der Waals surface area contributed by atoms with Crippen LogP contribution in [-0.2, 0) is 4.79 Å². The quantitative estimate of drug-likeness (QED) is 0.743. The maximum Gasteiger partial charge on any atom is 0.134 e. The molecule has 102 valence electrons. The summed E-state index contributed by atoms with van der Waals surface area (Å²) in [5.74, 6) is 0.798. The van der Waals surface area contributed by atoms with Crippen LogP contribution in [0, 0.1) is 0 Å². The molecule has 0 amide bonds. The van der Waals surface area contributed by atoms with Gasteiger partial charge >= 0.3 is 0 Å². The van der Waals surface area contributed by atoms with Gasteiger partial charge in [0, 0.05) is 22.9 Å². The minimum absolute atomic E-state index is 0.237. The van der Waals surface area contributed by atoms with Gasteiger partial charge in [-0.2, -0.15) is 0 Å². The van der Waals surface area contributed by atoms with E-state index in [1.807, 2.05) is 48.5 Å². The zero-order valence-electron chi connectivity index (χ0n) is 10.9. The molecule has 3 heteroatoms. The Balaban J connectivity index is 1.94. The molecule has 2 aromatic rings. The Kier molecular flexibility index (Phi) is 3.82. The molecule has 0 bridgehead atoms. The van der Waals surface area contributed by atoms with Crippen LogP contribution < -0.4 is 0 Å². The third-order valence-corrected chi connectivity index (χ3v) is 4.48. The number of carbonyl (C=O) groups is 1. The molecule has 3 rings (SSSR count). The van der Waals surface area contributed by atoms with Crippen LogP contribution in [0.4, 0.5) is 0 Å². The lowest BCUT2D eigenvalue weighted by Crippen LogP contribution is -2.04. The van der Waals surface area contributed by atoms with Crippen molar-refractivity contribution >= 4 is 29.0 Å². The summed E-state index contributed by atoms with van der Waals surface area (Å²) < 4.78 is 0. The number of hydrogen-bond donors (Lipinski definition) is 0. The number of hydrogen-bond acceptors (Lipinski definition) is 1. The maximum absolute atomic E-state index is 11.9. The van der Waals surface area contributed by atoms with Crippen molar-refractivity contribution in [3.8, 4) is 0 Å². The van der Waals surface area contributed by atoms with E-state index < -0.39 is 0 Å². The Labute approximate surface area is 128 Å². The van der Waals surface area contributed by atoms with Gasteiger partial charge in [0.1, 0.15) is 5.78 Å². The second-order valence-electron chi connectivity index (χ2n) is 5.26. The predicted molar refractivity (Wildman–Crippen MR) is 82.6 cm³/mol. The van der Waals surface area contributed by atoms with Crippen LogP contribution in [0.2, 0.25) is 10.0 Å². The highest BCUT2D eigenvalue weighted by atomic mass is 35.5. The SMILES string of the molecule is O=C1C[C@@H](c2ccc(Cl)cc2)[C@H](c2ccc(Cl)cc2)C1. The fourth-order valence-electron chi connectivity index (χ4n) is 2.98. The molecular formula is C17H14Cl2O. The molecular weight excluding hydrogens is 291 g/mol. The highest BCUT2D eigenvalue weighted by molar-refractivity contribution is 6.30. The lowest BCUT2D eigenvalue weighted by Gasteiger charge is -2.19. The van der Waals surface area contributed by atoms with Crippen molar-refractivity contribution < 1.29 is 4.79 Å². The Hall–Kier alpha value is -1.31. The highest BCUT2D eigenvalue weighted by Crippen LogP contribution is 2.44. The van der Waals surface area contributed by atoms with Crippen LogP contribution >= 0.6 is 23.2 Å². The lowest BCUT2D eigenvalue weighted by molar-refractivity contribution is -0.117. The van der Waals surface area contributed by atoms with Crippen LogP contribution in [-0.4, -0.2) is 5.78 Å². The molecule has 1 aliphatic carbocycles. The molecule has 1 saturated carbocycles. The maximum atomic E-state index is 11.9. The van der Waals surface area contributed by atoms with E-state index in [9.17, 15) is 4.79 Å². The summed E-state index contributed by atoms with van der Waals surface area (Å²) >= 11 is 11.9. The summed E-state index contributed by atoms with van der Waals surface area (Å²) in [7, 11) is 0. The van der Waals surface area contributed by atoms with Crippen molar-refractivity contribution in [2.24, 2.45) is 0 Å². The Bertz CT molecular complexity index is 561. The van der Waals surface area contributed by atoms with Crippen LogP contribution in [0.25, 0.3) is 0 Å². The van der Waals surface area contributed by atoms with Crippen molar-refractivity contribution in [1.82, 2.24) is 0 Å². The van der Waals surface area contributed by atoms with Crippen LogP contribution in [0.3, 0.4) is 0 Å². The van der Waals surface area contributed by atoms with E-state index in [1.54, 1.807) is 0 Å². The van der Waals surface area contributed by atoms with E-state index in [1.165, 1.54) is 11.1 Å². The Morgan fingerprint density at radius 1 is 0.700 bits per heavy atom. The zero-order valence-corrected chi connectivity index (χ0v) is 12.4. The molecule has 0 radical (unpaired) electrons. The summed E-state index contributed by atoms with van der Waals surface area (Å²) in [4.78, 5) is 11.9. The third-order valence-electron chi connectivity index (χ3n) is 3.98. The molecule has 20 heavy (non-hydrogen) atoms. The summed E-state index contributed by atoms with van der Waals surface area (Å²) in [6.07, 6.45) is 1.21. The minimum Gasteiger partial charge on any atom is -0.300 e. The van der Waals surface area contributed by atoms with E-state index in [4.69, 9.17) is 23.2 Å². The largest absolute Gasteiger partial charge is 0.300 e. The summed E-state index contributed by atoms with van der Waals surface area (Å²) in [6.45, 7) is 0. The summed E-state index contributed by atoms with van der Waals surface area (Å²) in [5, 5.41) is 1.45. The second-order valence-corrected chi connectivity index (χ2v) is 6.14. The van der Waals surface area contributed by atoms with E-state index >= 15 is 0 Å². The van der Waals surface area contributed by atoms with Gasteiger partial charge in [0.25, 0.3) is 0 Å². The van der Waals surface area contributed by atoms with E-state index in [2.05, 4.69) is 0 Å². The molecule has 0 spiro atoms. The number of halogens is 2. The molecule has 0 aromatic heterocycles. The minimum atomic E-state index is 0.237. The first-order chi connectivity index (χ1) is 9.63. The molecule has 0 saturated heterocycles. The fraction of sp³-hybridized carbons (Fsp3) is 0.235. The van der Waals surface area contributed by atoms with Gasteiger partial charge in [0.05, 0.1) is 0 Å². The Morgan fingerprint density at radius 2 is 1.05 bits per heavy atom. The number of carbonyl (C=O) groups excluding carboxylic acids is 1.